The summed E-state index contributed by atoms with van der Waals surface area (Å²) in [5.41, 5.74) is 9.53. The van der Waals surface area contributed by atoms with Crippen LogP contribution in [0.15, 0.2) is 82.8 Å². The van der Waals surface area contributed by atoms with Crippen molar-refractivity contribution in [3.8, 4) is 17.2 Å². The fraction of sp³-hybridized carbons (Fsp3) is 0.250. The zero-order valence-electron chi connectivity index (χ0n) is 24.7. The van der Waals surface area contributed by atoms with E-state index in [4.69, 9.17) is 9.47 Å². The third-order valence-electron chi connectivity index (χ3n) is 7.13. The fourth-order valence-electron chi connectivity index (χ4n) is 4.69. The van der Waals surface area contributed by atoms with Crippen LogP contribution in [0.3, 0.4) is 0 Å². The van der Waals surface area contributed by atoms with Gasteiger partial charge in [0.25, 0.3) is 5.91 Å². The van der Waals surface area contributed by atoms with Crippen molar-refractivity contribution in [3.63, 3.8) is 0 Å². The van der Waals surface area contributed by atoms with Gasteiger partial charge in [0.05, 0.1) is 31.9 Å². The average Bonchev–Trinajstić information content (AvgIpc) is 3.26. The molecular formula is C32H36N4O5S. The summed E-state index contributed by atoms with van der Waals surface area (Å²) in [4.78, 5) is 13.0. The van der Waals surface area contributed by atoms with Crippen molar-refractivity contribution in [2.45, 2.75) is 39.1 Å². The first-order valence-corrected chi connectivity index (χ1v) is 14.8. The highest BCUT2D eigenvalue weighted by Crippen LogP contribution is 2.31. The van der Waals surface area contributed by atoms with Crippen molar-refractivity contribution in [2.75, 3.05) is 20.8 Å². The number of methoxy groups -OCH3 is 2. The first kappa shape index (κ1) is 30.5. The molecule has 10 heteroatoms. The van der Waals surface area contributed by atoms with Crippen LogP contribution in [0, 0.1) is 27.7 Å². The van der Waals surface area contributed by atoms with Crippen LogP contribution in [0.25, 0.3) is 5.69 Å². The summed E-state index contributed by atoms with van der Waals surface area (Å²) in [5, 5.41) is 4.15. The molecule has 220 valence electrons. The molecule has 1 aromatic heterocycles. The van der Waals surface area contributed by atoms with Gasteiger partial charge in [0, 0.05) is 35.2 Å². The molecule has 0 spiro atoms. The minimum absolute atomic E-state index is 0.00816. The van der Waals surface area contributed by atoms with Crippen LogP contribution < -0.4 is 14.9 Å². The number of nitrogens with one attached hydrogen (secondary N) is 1. The lowest BCUT2D eigenvalue weighted by Gasteiger charge is -2.22. The van der Waals surface area contributed by atoms with E-state index < -0.39 is 22.5 Å². The maximum absolute atomic E-state index is 13.7. The van der Waals surface area contributed by atoms with Gasteiger partial charge in [0.2, 0.25) is 10.0 Å². The molecule has 0 atom stereocenters. The van der Waals surface area contributed by atoms with Crippen LogP contribution in [0.5, 0.6) is 11.5 Å². The van der Waals surface area contributed by atoms with Gasteiger partial charge in [-0.05, 0) is 74.7 Å². The Bertz CT molecular complexity index is 1710. The Morgan fingerprint density at radius 3 is 2.29 bits per heavy atom. The van der Waals surface area contributed by atoms with Gasteiger partial charge < -0.3 is 14.0 Å². The van der Waals surface area contributed by atoms with Crippen LogP contribution in [-0.4, -0.2) is 50.2 Å². The molecule has 4 aromatic rings. The van der Waals surface area contributed by atoms with Crippen LogP contribution in [0.4, 0.5) is 0 Å². The zero-order valence-corrected chi connectivity index (χ0v) is 25.5. The van der Waals surface area contributed by atoms with E-state index >= 15 is 0 Å². The molecule has 9 nitrogen and oxygen atoms in total. The lowest BCUT2D eigenvalue weighted by Crippen LogP contribution is -2.39. The average molecular weight is 589 g/mol. The molecule has 3 aromatic carbocycles. The third-order valence-corrected chi connectivity index (χ3v) is 8.91. The Morgan fingerprint density at radius 2 is 1.62 bits per heavy atom. The van der Waals surface area contributed by atoms with Crippen molar-refractivity contribution in [3.05, 3.63) is 106 Å². The molecular weight excluding hydrogens is 552 g/mol. The molecule has 1 N–H and O–H groups in total. The summed E-state index contributed by atoms with van der Waals surface area (Å²) in [6, 6.07) is 21.7. The first-order valence-electron chi connectivity index (χ1n) is 13.4. The summed E-state index contributed by atoms with van der Waals surface area (Å²) >= 11 is 0. The number of aryl methyl sites for hydroxylation is 3. The van der Waals surface area contributed by atoms with Crippen LogP contribution in [-0.2, 0) is 21.4 Å². The second-order valence-corrected chi connectivity index (χ2v) is 11.9. The summed E-state index contributed by atoms with van der Waals surface area (Å²) in [6.45, 7) is 7.71. The van der Waals surface area contributed by atoms with Gasteiger partial charge in [0.1, 0.15) is 0 Å². The molecule has 0 unspecified atom stereocenters. The van der Waals surface area contributed by atoms with Gasteiger partial charge in [-0.1, -0.05) is 36.4 Å². The number of hydrogen-bond acceptors (Lipinski definition) is 6. The highest BCUT2D eigenvalue weighted by atomic mass is 32.2. The molecule has 0 fully saturated rings. The summed E-state index contributed by atoms with van der Waals surface area (Å²) in [7, 11) is -1.19. The smallest absolute Gasteiger partial charge is 0.255 e. The Morgan fingerprint density at radius 1 is 0.905 bits per heavy atom. The lowest BCUT2D eigenvalue weighted by atomic mass is 10.1. The Kier molecular flexibility index (Phi) is 9.49. The lowest BCUT2D eigenvalue weighted by molar-refractivity contribution is -0.121. The van der Waals surface area contributed by atoms with Crippen molar-refractivity contribution < 1.29 is 22.7 Å². The summed E-state index contributed by atoms with van der Waals surface area (Å²) in [6.07, 6.45) is 1.57. The molecule has 0 radical (unpaired) electrons. The highest BCUT2D eigenvalue weighted by Gasteiger charge is 2.28. The predicted octanol–water partition coefficient (Wildman–Crippen LogP) is 5.07. The topological polar surface area (TPSA) is 102 Å². The second-order valence-electron chi connectivity index (χ2n) is 10.00. The van der Waals surface area contributed by atoms with E-state index in [-0.39, 0.29) is 17.2 Å². The monoisotopic (exact) mass is 588 g/mol. The van der Waals surface area contributed by atoms with E-state index in [1.54, 1.807) is 18.3 Å². The van der Waals surface area contributed by atoms with E-state index in [2.05, 4.69) is 47.1 Å². The number of amides is 1. The Balaban J connectivity index is 1.55. The number of sulfonamides is 1. The number of nitrogens with zero attached hydrogens (tertiary/aromatic N) is 3. The summed E-state index contributed by atoms with van der Waals surface area (Å²) in [5.74, 6) is 0.0925. The molecule has 0 aliphatic carbocycles. The first-order chi connectivity index (χ1) is 20.0. The maximum Gasteiger partial charge on any atom is 0.255 e. The molecule has 0 saturated carbocycles. The fourth-order valence-corrected chi connectivity index (χ4v) is 6.09. The van der Waals surface area contributed by atoms with Crippen LogP contribution in [0.1, 0.15) is 33.6 Å². The van der Waals surface area contributed by atoms with Gasteiger partial charge >= 0.3 is 0 Å². The van der Waals surface area contributed by atoms with E-state index in [1.807, 2.05) is 38.1 Å². The predicted molar refractivity (Wildman–Crippen MR) is 164 cm³/mol. The summed E-state index contributed by atoms with van der Waals surface area (Å²) < 4.78 is 41.2. The van der Waals surface area contributed by atoms with E-state index in [0.717, 1.165) is 32.5 Å². The van der Waals surface area contributed by atoms with E-state index in [9.17, 15) is 13.2 Å². The minimum atomic E-state index is -4.09. The van der Waals surface area contributed by atoms with Gasteiger partial charge in [0.15, 0.2) is 11.5 Å². The largest absolute Gasteiger partial charge is 0.493 e. The van der Waals surface area contributed by atoms with Crippen molar-refractivity contribution in [1.82, 2.24) is 14.3 Å². The molecule has 4 rings (SSSR count). The molecule has 0 saturated heterocycles. The number of carbonyl (C=O) groups excluding carboxylic acids is 1. The molecule has 1 heterocycles. The van der Waals surface area contributed by atoms with Crippen molar-refractivity contribution in [2.24, 2.45) is 5.10 Å². The van der Waals surface area contributed by atoms with Gasteiger partial charge in [-0.25, -0.2) is 13.8 Å². The number of rotatable bonds is 11. The molecule has 0 aliphatic rings. The van der Waals surface area contributed by atoms with Gasteiger partial charge in [-0.15, -0.1) is 0 Å². The zero-order chi connectivity index (χ0) is 30.4. The van der Waals surface area contributed by atoms with Crippen LogP contribution in [0.2, 0.25) is 0 Å². The number of hydrogen-bond donors (Lipinski definition) is 1. The van der Waals surface area contributed by atoms with Crippen molar-refractivity contribution in [1.29, 1.82) is 0 Å². The SMILES string of the molecule is COc1ccc(S(=O)(=O)N(CC(=O)N/N=C/c2cc(C)n(-c3ccc(C)c(C)c3)c2C)Cc2ccccc2)cc1OC. The normalized spacial score (nSPS) is 11.7. The third kappa shape index (κ3) is 6.72. The quantitative estimate of drug-likeness (QED) is 0.195. The molecule has 0 aliphatic heterocycles. The van der Waals surface area contributed by atoms with Gasteiger partial charge in [-0.2, -0.15) is 9.41 Å². The van der Waals surface area contributed by atoms with E-state index in [1.165, 1.54) is 43.5 Å². The molecule has 1 amide bonds. The Labute approximate surface area is 247 Å². The van der Waals surface area contributed by atoms with Crippen molar-refractivity contribution >= 4 is 22.1 Å². The van der Waals surface area contributed by atoms with Gasteiger partial charge in [-0.3, -0.25) is 4.79 Å². The van der Waals surface area contributed by atoms with E-state index in [0.29, 0.717) is 5.75 Å². The highest BCUT2D eigenvalue weighted by molar-refractivity contribution is 7.89. The number of aromatic nitrogens is 1. The number of hydrazone groups is 1. The Hall–Kier alpha value is -4.41. The molecule has 42 heavy (non-hydrogen) atoms. The number of carbonyl (C=O) groups is 1. The minimum Gasteiger partial charge on any atom is -0.493 e. The van der Waals surface area contributed by atoms with Crippen LogP contribution >= 0.6 is 0 Å². The standard InChI is InChI=1S/C32H36N4O5S/c1-22-12-13-28(16-23(22)2)36-24(3)17-27(25(36)4)19-33-34-32(37)21-35(20-26-10-8-7-9-11-26)42(38,39)29-14-15-30(40-5)31(18-29)41-6/h7-19H,20-21H2,1-6H3,(H,34,37)/b33-19+. The number of benzene rings is 3. The maximum atomic E-state index is 13.7. The molecule has 0 bridgehead atoms. The number of ether oxygens (including phenoxy) is 2. The second kappa shape index (κ2) is 13.1.